The molecule has 0 saturated carbocycles. The van der Waals surface area contributed by atoms with Crippen LogP contribution in [0.25, 0.3) is 10.8 Å². The topological polar surface area (TPSA) is 120 Å². The zero-order chi connectivity index (χ0) is 22.4. The Labute approximate surface area is 183 Å². The number of hydrazine groups is 1. The molecule has 0 unspecified atom stereocenters. The number of nitrogens with two attached hydrogens (primary N) is 1. The summed E-state index contributed by atoms with van der Waals surface area (Å²) >= 11 is 6.14. The minimum Gasteiger partial charge on any atom is -0.493 e. The lowest BCUT2D eigenvalue weighted by Crippen LogP contribution is -2.42. The predicted octanol–water partition coefficient (Wildman–Crippen LogP) is 2.37. The molecule has 9 heteroatoms. The van der Waals surface area contributed by atoms with Gasteiger partial charge < -0.3 is 15.2 Å². The van der Waals surface area contributed by atoms with Crippen LogP contribution in [0.3, 0.4) is 0 Å². The van der Waals surface area contributed by atoms with E-state index in [0.29, 0.717) is 0 Å². The summed E-state index contributed by atoms with van der Waals surface area (Å²) < 4.78 is 10.4. The largest absolute Gasteiger partial charge is 0.493 e. The van der Waals surface area contributed by atoms with Crippen molar-refractivity contribution in [3.63, 3.8) is 0 Å². The molecule has 0 aliphatic carbocycles. The zero-order valence-corrected chi connectivity index (χ0v) is 17.4. The Morgan fingerprint density at radius 1 is 1.03 bits per heavy atom. The van der Waals surface area contributed by atoms with Crippen molar-refractivity contribution in [2.45, 2.75) is 6.42 Å². The van der Waals surface area contributed by atoms with Crippen LogP contribution in [0.1, 0.15) is 15.9 Å². The lowest BCUT2D eigenvalue weighted by molar-refractivity contribution is -0.121. The number of carbonyl (C=O) groups is 3. The van der Waals surface area contributed by atoms with E-state index < -0.39 is 18.4 Å². The summed E-state index contributed by atoms with van der Waals surface area (Å²) in [7, 11) is 1.36. The van der Waals surface area contributed by atoms with Gasteiger partial charge in [-0.05, 0) is 28.5 Å². The lowest BCUT2D eigenvalue weighted by Gasteiger charge is -2.14. The van der Waals surface area contributed by atoms with Gasteiger partial charge >= 0.3 is 0 Å². The third-order valence-electron chi connectivity index (χ3n) is 4.40. The highest BCUT2D eigenvalue weighted by molar-refractivity contribution is 6.32. The number of hydrogen-bond donors (Lipinski definition) is 3. The van der Waals surface area contributed by atoms with Crippen LogP contribution in [0.2, 0.25) is 5.02 Å². The standard InChI is InChI=1S/C22H20ClN3O5/c1-30-18-10-15(9-17(23)21(18)31-12-19(24)27)22(29)26-25-20(28)11-14-7-4-6-13-5-2-3-8-16(13)14/h2-10H,11-12H2,1H3,(H2,24,27)(H,25,28)(H,26,29). The number of ether oxygens (including phenoxy) is 2. The second kappa shape index (κ2) is 9.82. The van der Waals surface area contributed by atoms with Gasteiger partial charge in [-0.2, -0.15) is 0 Å². The normalized spacial score (nSPS) is 10.4. The molecule has 160 valence electrons. The van der Waals surface area contributed by atoms with E-state index >= 15 is 0 Å². The molecule has 3 rings (SSSR count). The van der Waals surface area contributed by atoms with Crippen LogP contribution in [0.15, 0.2) is 54.6 Å². The molecule has 0 aliphatic rings. The molecular formula is C22H20ClN3O5. The Balaban J connectivity index is 1.66. The number of amides is 3. The number of methoxy groups -OCH3 is 1. The number of hydrogen-bond acceptors (Lipinski definition) is 5. The highest BCUT2D eigenvalue weighted by Gasteiger charge is 2.17. The van der Waals surface area contributed by atoms with Gasteiger partial charge in [0, 0.05) is 5.56 Å². The molecule has 31 heavy (non-hydrogen) atoms. The molecule has 3 aromatic rings. The van der Waals surface area contributed by atoms with Crippen molar-refractivity contribution in [1.29, 1.82) is 0 Å². The number of rotatable bonds is 7. The van der Waals surface area contributed by atoms with Crippen LogP contribution in [-0.4, -0.2) is 31.4 Å². The fourth-order valence-corrected chi connectivity index (χ4v) is 3.26. The van der Waals surface area contributed by atoms with Gasteiger partial charge in [0.25, 0.3) is 11.8 Å². The summed E-state index contributed by atoms with van der Waals surface area (Å²) in [6.07, 6.45) is 0.0889. The Morgan fingerprint density at radius 3 is 2.52 bits per heavy atom. The molecule has 0 saturated heterocycles. The van der Waals surface area contributed by atoms with E-state index in [1.165, 1.54) is 19.2 Å². The van der Waals surface area contributed by atoms with Gasteiger partial charge in [0.15, 0.2) is 18.1 Å². The smallest absolute Gasteiger partial charge is 0.269 e. The monoisotopic (exact) mass is 441 g/mol. The van der Waals surface area contributed by atoms with Gasteiger partial charge in [-0.1, -0.05) is 54.1 Å². The molecule has 0 radical (unpaired) electrons. The first kappa shape index (κ1) is 21.9. The number of carbonyl (C=O) groups excluding carboxylic acids is 3. The fourth-order valence-electron chi connectivity index (χ4n) is 3.00. The van der Waals surface area contributed by atoms with Crippen molar-refractivity contribution in [1.82, 2.24) is 10.9 Å². The van der Waals surface area contributed by atoms with E-state index in [1.54, 1.807) is 0 Å². The number of primary amides is 1. The molecule has 0 aliphatic heterocycles. The van der Waals surface area contributed by atoms with Crippen LogP contribution >= 0.6 is 11.6 Å². The lowest BCUT2D eigenvalue weighted by atomic mass is 10.0. The Hall–Kier alpha value is -3.78. The summed E-state index contributed by atoms with van der Waals surface area (Å²) in [5, 5.41) is 2.04. The third kappa shape index (κ3) is 5.43. The molecule has 3 amide bonds. The number of nitrogens with one attached hydrogen (secondary N) is 2. The van der Waals surface area contributed by atoms with E-state index in [9.17, 15) is 14.4 Å². The van der Waals surface area contributed by atoms with Crippen molar-refractivity contribution in [2.24, 2.45) is 5.73 Å². The number of halogens is 1. The highest BCUT2D eigenvalue weighted by atomic mass is 35.5. The van der Waals surface area contributed by atoms with Gasteiger partial charge in [0.1, 0.15) is 0 Å². The van der Waals surface area contributed by atoms with Gasteiger partial charge in [-0.3, -0.25) is 25.2 Å². The van der Waals surface area contributed by atoms with Gasteiger partial charge in [0.05, 0.1) is 18.6 Å². The first-order chi connectivity index (χ1) is 14.9. The first-order valence-corrected chi connectivity index (χ1v) is 9.61. The number of benzene rings is 3. The highest BCUT2D eigenvalue weighted by Crippen LogP contribution is 2.36. The predicted molar refractivity (Wildman–Crippen MR) is 116 cm³/mol. The summed E-state index contributed by atoms with van der Waals surface area (Å²) in [5.41, 5.74) is 10.8. The maximum Gasteiger partial charge on any atom is 0.269 e. The Kier molecular flexibility index (Phi) is 6.94. The van der Waals surface area contributed by atoms with E-state index in [1.807, 2.05) is 42.5 Å². The van der Waals surface area contributed by atoms with Crippen LogP contribution in [0.5, 0.6) is 11.5 Å². The molecule has 3 aromatic carbocycles. The third-order valence-corrected chi connectivity index (χ3v) is 4.68. The second-order valence-corrected chi connectivity index (χ2v) is 6.97. The maximum absolute atomic E-state index is 12.5. The number of fused-ring (bicyclic) bond motifs is 1. The summed E-state index contributed by atoms with van der Waals surface area (Å²) in [6.45, 7) is -0.397. The molecule has 4 N–H and O–H groups in total. The van der Waals surface area contributed by atoms with Crippen molar-refractivity contribution in [2.75, 3.05) is 13.7 Å². The van der Waals surface area contributed by atoms with Crippen molar-refractivity contribution in [3.05, 3.63) is 70.7 Å². The van der Waals surface area contributed by atoms with Gasteiger partial charge in [-0.15, -0.1) is 0 Å². The zero-order valence-electron chi connectivity index (χ0n) is 16.6. The molecular weight excluding hydrogens is 422 g/mol. The van der Waals surface area contributed by atoms with Crippen LogP contribution in [0, 0.1) is 0 Å². The van der Waals surface area contributed by atoms with Crippen molar-refractivity contribution in [3.8, 4) is 11.5 Å². The molecule has 0 spiro atoms. The molecule has 0 heterocycles. The molecule has 8 nitrogen and oxygen atoms in total. The van der Waals surface area contributed by atoms with Crippen molar-refractivity contribution < 1.29 is 23.9 Å². The maximum atomic E-state index is 12.5. The van der Waals surface area contributed by atoms with E-state index in [4.69, 9.17) is 26.8 Å². The van der Waals surface area contributed by atoms with Gasteiger partial charge in [0.2, 0.25) is 5.91 Å². The minimum atomic E-state index is -0.686. The average molecular weight is 442 g/mol. The van der Waals surface area contributed by atoms with Crippen LogP contribution < -0.4 is 26.1 Å². The summed E-state index contributed by atoms with van der Waals surface area (Å²) in [6, 6.07) is 16.1. The van der Waals surface area contributed by atoms with Crippen LogP contribution in [-0.2, 0) is 16.0 Å². The van der Waals surface area contributed by atoms with E-state index in [0.717, 1.165) is 16.3 Å². The average Bonchev–Trinajstić information content (AvgIpc) is 2.76. The second-order valence-electron chi connectivity index (χ2n) is 6.56. The van der Waals surface area contributed by atoms with E-state index in [-0.39, 0.29) is 34.4 Å². The van der Waals surface area contributed by atoms with Crippen molar-refractivity contribution >= 4 is 40.1 Å². The fraction of sp³-hybridized carbons (Fsp3) is 0.136. The summed E-state index contributed by atoms with van der Waals surface area (Å²) in [4.78, 5) is 35.7. The molecule has 0 bridgehead atoms. The minimum absolute atomic E-state index is 0.0489. The Morgan fingerprint density at radius 2 is 1.77 bits per heavy atom. The van der Waals surface area contributed by atoms with E-state index in [2.05, 4.69) is 10.9 Å². The SMILES string of the molecule is COc1cc(C(=O)NNC(=O)Cc2cccc3ccccc23)cc(Cl)c1OCC(N)=O. The quantitative estimate of drug-likeness (QED) is 0.486. The summed E-state index contributed by atoms with van der Waals surface area (Å²) in [5.74, 6) is -1.45. The molecule has 0 fully saturated rings. The molecule has 0 atom stereocenters. The molecule has 0 aromatic heterocycles. The Bertz CT molecular complexity index is 1140. The van der Waals surface area contributed by atoms with Crippen LogP contribution in [0.4, 0.5) is 0 Å². The van der Waals surface area contributed by atoms with Gasteiger partial charge in [-0.25, -0.2) is 0 Å². The first-order valence-electron chi connectivity index (χ1n) is 9.23.